The van der Waals surface area contributed by atoms with Crippen LogP contribution in [0.5, 0.6) is 0 Å². The van der Waals surface area contributed by atoms with E-state index in [1.807, 2.05) is 0 Å². The summed E-state index contributed by atoms with van der Waals surface area (Å²) in [5.74, 6) is 0. The van der Waals surface area contributed by atoms with Crippen LogP contribution in [0.2, 0.25) is 0 Å². The van der Waals surface area contributed by atoms with Gasteiger partial charge < -0.3 is 0 Å². The molecular weight excluding hydrogens is 230 g/mol. The lowest BCUT2D eigenvalue weighted by molar-refractivity contribution is 0.300. The summed E-state index contributed by atoms with van der Waals surface area (Å²) in [7, 11) is 0. The molecule has 102 valence electrons. The van der Waals surface area contributed by atoms with Crippen LogP contribution in [-0.4, -0.2) is 18.0 Å². The van der Waals surface area contributed by atoms with Gasteiger partial charge in [0, 0.05) is 13.1 Å². The summed E-state index contributed by atoms with van der Waals surface area (Å²) in [6, 6.07) is 8.71. The van der Waals surface area contributed by atoms with Crippen molar-refractivity contribution in [3.05, 3.63) is 58.7 Å². The van der Waals surface area contributed by atoms with Crippen LogP contribution in [0, 0.1) is 6.92 Å². The van der Waals surface area contributed by atoms with E-state index in [1.54, 1.807) is 5.57 Å². The molecule has 0 saturated carbocycles. The van der Waals surface area contributed by atoms with Crippen molar-refractivity contribution in [2.75, 3.05) is 13.1 Å². The summed E-state index contributed by atoms with van der Waals surface area (Å²) in [5.41, 5.74) is 5.92. The fourth-order valence-corrected chi connectivity index (χ4v) is 2.51. The van der Waals surface area contributed by atoms with Gasteiger partial charge in [-0.25, -0.2) is 0 Å². The third-order valence-electron chi connectivity index (χ3n) is 3.97. The average molecular weight is 255 g/mol. The predicted molar refractivity (Wildman–Crippen MR) is 83.2 cm³/mol. The molecule has 0 fully saturated rings. The van der Waals surface area contributed by atoms with Crippen molar-refractivity contribution in [3.8, 4) is 0 Å². The van der Waals surface area contributed by atoms with Crippen molar-refractivity contribution in [1.82, 2.24) is 4.90 Å². The molecule has 0 N–H and O–H groups in total. The molecule has 0 unspecified atom stereocenters. The molecule has 1 aromatic carbocycles. The first-order chi connectivity index (χ1) is 9.19. The number of aryl methyl sites for hydroxylation is 1. The predicted octanol–water partition coefficient (Wildman–Crippen LogP) is 4.48. The van der Waals surface area contributed by atoms with Crippen LogP contribution >= 0.6 is 0 Å². The van der Waals surface area contributed by atoms with Gasteiger partial charge in [-0.3, -0.25) is 4.90 Å². The summed E-state index contributed by atoms with van der Waals surface area (Å²) in [4.78, 5) is 2.53. The Morgan fingerprint density at radius 1 is 1.00 bits per heavy atom. The van der Waals surface area contributed by atoms with E-state index in [4.69, 9.17) is 0 Å². The van der Waals surface area contributed by atoms with E-state index in [2.05, 4.69) is 62.1 Å². The number of nitrogens with zero attached hydrogens (tertiary/aromatic N) is 1. The summed E-state index contributed by atoms with van der Waals surface area (Å²) >= 11 is 0. The standard InChI is InChI=1S/C18H25N/c1-4-19(13-17-11-9-15(2)10-12-17)14-18-8-6-5-7-16(18)3/h5-9,11H,4,10,12-14H2,1-3H3. The fourth-order valence-electron chi connectivity index (χ4n) is 2.51. The second kappa shape index (κ2) is 6.72. The highest BCUT2D eigenvalue weighted by molar-refractivity contribution is 5.26. The molecule has 2 rings (SSSR count). The molecule has 0 spiro atoms. The molecule has 1 nitrogen and oxygen atoms in total. The number of hydrogen-bond donors (Lipinski definition) is 0. The molecule has 0 heterocycles. The van der Waals surface area contributed by atoms with Gasteiger partial charge >= 0.3 is 0 Å². The number of hydrogen-bond acceptors (Lipinski definition) is 1. The zero-order valence-corrected chi connectivity index (χ0v) is 12.4. The van der Waals surface area contributed by atoms with Crippen LogP contribution in [0.1, 0.15) is 37.8 Å². The molecule has 1 aliphatic rings. The minimum Gasteiger partial charge on any atom is -0.295 e. The third kappa shape index (κ3) is 4.07. The van der Waals surface area contributed by atoms with E-state index in [1.165, 1.54) is 29.5 Å². The molecule has 0 amide bonds. The first kappa shape index (κ1) is 14.1. The van der Waals surface area contributed by atoms with Gasteiger partial charge in [-0.1, -0.05) is 54.5 Å². The molecule has 0 aliphatic heterocycles. The van der Waals surface area contributed by atoms with Crippen molar-refractivity contribution in [2.45, 2.75) is 40.2 Å². The van der Waals surface area contributed by atoms with Gasteiger partial charge in [-0.2, -0.15) is 0 Å². The monoisotopic (exact) mass is 255 g/mol. The Kier molecular flexibility index (Phi) is 4.98. The Labute approximate surface area is 117 Å². The quantitative estimate of drug-likeness (QED) is 0.749. The minimum atomic E-state index is 1.06. The van der Waals surface area contributed by atoms with Crippen molar-refractivity contribution in [3.63, 3.8) is 0 Å². The van der Waals surface area contributed by atoms with Crippen LogP contribution in [0.15, 0.2) is 47.6 Å². The van der Waals surface area contributed by atoms with Crippen molar-refractivity contribution >= 4 is 0 Å². The van der Waals surface area contributed by atoms with Crippen molar-refractivity contribution in [1.29, 1.82) is 0 Å². The highest BCUT2D eigenvalue weighted by Gasteiger charge is 2.10. The van der Waals surface area contributed by atoms with E-state index in [9.17, 15) is 0 Å². The first-order valence-corrected chi connectivity index (χ1v) is 7.31. The normalized spacial score (nSPS) is 15.4. The van der Waals surface area contributed by atoms with Crippen LogP contribution in [0.25, 0.3) is 0 Å². The molecule has 19 heavy (non-hydrogen) atoms. The van der Waals surface area contributed by atoms with Crippen LogP contribution in [-0.2, 0) is 6.54 Å². The summed E-state index contributed by atoms with van der Waals surface area (Å²) in [5, 5.41) is 0. The lowest BCUT2D eigenvalue weighted by atomic mass is 9.99. The molecule has 0 saturated heterocycles. The Bertz CT molecular complexity index is 482. The highest BCUT2D eigenvalue weighted by atomic mass is 15.1. The van der Waals surface area contributed by atoms with Gasteiger partial charge in [0.1, 0.15) is 0 Å². The lowest BCUT2D eigenvalue weighted by Crippen LogP contribution is -2.26. The second-order valence-corrected chi connectivity index (χ2v) is 5.57. The fraction of sp³-hybridized carbons (Fsp3) is 0.444. The maximum atomic E-state index is 2.53. The molecule has 1 aromatic rings. The zero-order valence-electron chi connectivity index (χ0n) is 12.4. The average Bonchev–Trinajstić information content (AvgIpc) is 2.43. The maximum absolute atomic E-state index is 2.53. The first-order valence-electron chi connectivity index (χ1n) is 7.31. The van der Waals surface area contributed by atoms with Gasteiger partial charge in [0.2, 0.25) is 0 Å². The van der Waals surface area contributed by atoms with E-state index < -0.39 is 0 Å². The van der Waals surface area contributed by atoms with Gasteiger partial charge in [0.15, 0.2) is 0 Å². The smallest absolute Gasteiger partial charge is 0.0239 e. The minimum absolute atomic E-state index is 1.06. The van der Waals surface area contributed by atoms with Gasteiger partial charge in [0.05, 0.1) is 0 Å². The van der Waals surface area contributed by atoms with Crippen molar-refractivity contribution < 1.29 is 0 Å². The number of likely N-dealkylation sites (N-methyl/N-ethyl adjacent to an activating group) is 1. The molecule has 0 atom stereocenters. The summed E-state index contributed by atoms with van der Waals surface area (Å²) in [6.07, 6.45) is 7.06. The van der Waals surface area contributed by atoms with E-state index in [-0.39, 0.29) is 0 Å². The number of allylic oxidation sites excluding steroid dienone is 3. The Hall–Kier alpha value is -1.34. The Morgan fingerprint density at radius 3 is 2.42 bits per heavy atom. The topological polar surface area (TPSA) is 3.24 Å². The van der Waals surface area contributed by atoms with E-state index in [0.29, 0.717) is 0 Å². The lowest BCUT2D eigenvalue weighted by Gasteiger charge is -2.24. The maximum Gasteiger partial charge on any atom is 0.0239 e. The van der Waals surface area contributed by atoms with E-state index >= 15 is 0 Å². The van der Waals surface area contributed by atoms with Gasteiger partial charge in [0.25, 0.3) is 0 Å². The molecule has 1 aliphatic carbocycles. The molecule has 0 bridgehead atoms. The van der Waals surface area contributed by atoms with Crippen LogP contribution < -0.4 is 0 Å². The molecule has 1 heteroatoms. The number of rotatable bonds is 5. The largest absolute Gasteiger partial charge is 0.295 e. The molecular formula is C18H25N. The van der Waals surface area contributed by atoms with Crippen LogP contribution in [0.3, 0.4) is 0 Å². The van der Waals surface area contributed by atoms with Gasteiger partial charge in [-0.15, -0.1) is 0 Å². The summed E-state index contributed by atoms with van der Waals surface area (Å²) in [6.45, 7) is 9.95. The Morgan fingerprint density at radius 2 is 1.79 bits per heavy atom. The van der Waals surface area contributed by atoms with Crippen molar-refractivity contribution in [2.24, 2.45) is 0 Å². The Balaban J connectivity index is 2.00. The SMILES string of the molecule is CCN(CC1=CC=C(C)CC1)Cc1ccccc1C. The number of benzene rings is 1. The third-order valence-corrected chi connectivity index (χ3v) is 3.97. The zero-order chi connectivity index (χ0) is 13.7. The summed E-state index contributed by atoms with van der Waals surface area (Å²) < 4.78 is 0. The highest BCUT2D eigenvalue weighted by Crippen LogP contribution is 2.19. The molecule has 0 aromatic heterocycles. The van der Waals surface area contributed by atoms with Gasteiger partial charge in [-0.05, 0) is 44.4 Å². The second-order valence-electron chi connectivity index (χ2n) is 5.57. The van der Waals surface area contributed by atoms with E-state index in [0.717, 1.165) is 19.6 Å². The molecule has 0 radical (unpaired) electrons. The van der Waals surface area contributed by atoms with Crippen LogP contribution in [0.4, 0.5) is 0 Å².